The minimum Gasteiger partial charge on any atom is -0.496 e. The molecule has 7 heteroatoms. The molecule has 0 aliphatic heterocycles. The molecule has 0 bridgehead atoms. The predicted molar refractivity (Wildman–Crippen MR) is 68.0 cm³/mol. The van der Waals surface area contributed by atoms with Crippen LogP contribution in [0.2, 0.25) is 0 Å². The molecule has 0 radical (unpaired) electrons. The zero-order chi connectivity index (χ0) is 13.5. The molecule has 7 nitrogen and oxygen atoms in total. The lowest BCUT2D eigenvalue weighted by Crippen LogP contribution is -2.63. The summed E-state index contributed by atoms with van der Waals surface area (Å²) in [6.07, 6.45) is 1.57. The van der Waals surface area contributed by atoms with Gasteiger partial charge < -0.3 is 25.7 Å². The van der Waals surface area contributed by atoms with E-state index in [0.717, 1.165) is 0 Å². The van der Waals surface area contributed by atoms with Gasteiger partial charge in [-0.05, 0) is 0 Å². The summed E-state index contributed by atoms with van der Waals surface area (Å²) in [7, 11) is 4.66. The molecule has 0 aliphatic carbocycles. The van der Waals surface area contributed by atoms with Gasteiger partial charge in [-0.25, -0.2) is 0 Å². The van der Waals surface area contributed by atoms with Crippen LogP contribution in [0.1, 0.15) is 5.56 Å². The number of benzene rings is 1. The summed E-state index contributed by atoms with van der Waals surface area (Å²) in [5.74, 6) is 1.70. The number of guanidine groups is 1. The Balaban J connectivity index is 3.22. The molecule has 1 rings (SSSR count). The van der Waals surface area contributed by atoms with Crippen LogP contribution in [0.15, 0.2) is 17.2 Å². The molecule has 5 N–H and O–H groups in total. The average molecular weight is 253 g/mol. The van der Waals surface area contributed by atoms with Crippen molar-refractivity contribution in [1.29, 1.82) is 0 Å². The lowest BCUT2D eigenvalue weighted by molar-refractivity contribution is -0.456. The van der Waals surface area contributed by atoms with E-state index in [1.165, 1.54) is 0 Å². The van der Waals surface area contributed by atoms with Crippen LogP contribution in [0.3, 0.4) is 0 Å². The molecule has 18 heavy (non-hydrogen) atoms. The normalized spacial score (nSPS) is 10.2. The van der Waals surface area contributed by atoms with Crippen molar-refractivity contribution in [2.45, 2.75) is 0 Å². The summed E-state index contributed by atoms with van der Waals surface area (Å²) >= 11 is 0. The van der Waals surface area contributed by atoms with Crippen molar-refractivity contribution in [2.75, 3.05) is 21.3 Å². The third kappa shape index (κ3) is 3.27. The first-order valence-corrected chi connectivity index (χ1v) is 5.09. The minimum absolute atomic E-state index is 0.0716. The lowest BCUT2D eigenvalue weighted by atomic mass is 10.2. The number of hydrogen-bond acceptors (Lipinski definition) is 4. The maximum absolute atomic E-state index is 5.25. The smallest absolute Gasteiger partial charge is 0.256 e. The maximum Gasteiger partial charge on any atom is 0.256 e. The highest BCUT2D eigenvalue weighted by atomic mass is 16.5. The fraction of sp³-hybridized carbons (Fsp3) is 0.273. The first-order valence-electron chi connectivity index (χ1n) is 5.09. The fourth-order valence-electron chi connectivity index (χ4n) is 1.35. The first-order chi connectivity index (χ1) is 8.62. The van der Waals surface area contributed by atoms with Gasteiger partial charge in [0.1, 0.15) is 22.8 Å². The number of nitrogens with one attached hydrogen (secondary N) is 1. The quantitative estimate of drug-likeness (QED) is 0.333. The molecule has 1 aromatic carbocycles. The summed E-state index contributed by atoms with van der Waals surface area (Å²) < 4.78 is 15.6. The first kappa shape index (κ1) is 13.6. The summed E-state index contributed by atoms with van der Waals surface area (Å²) in [4.78, 5) is 0. The van der Waals surface area contributed by atoms with Gasteiger partial charge in [0.25, 0.3) is 5.96 Å². The molecular formula is C11H17N4O3+. The molecule has 0 amide bonds. The molecule has 0 aliphatic rings. The van der Waals surface area contributed by atoms with Crippen molar-refractivity contribution >= 4 is 12.2 Å². The van der Waals surface area contributed by atoms with Crippen LogP contribution in [0, 0.1) is 0 Å². The highest BCUT2D eigenvalue weighted by Crippen LogP contribution is 2.32. The molecule has 0 fully saturated rings. The van der Waals surface area contributed by atoms with E-state index in [-0.39, 0.29) is 5.96 Å². The second kappa shape index (κ2) is 6.33. The fourth-order valence-corrected chi connectivity index (χ4v) is 1.35. The van der Waals surface area contributed by atoms with Crippen molar-refractivity contribution in [1.82, 2.24) is 0 Å². The third-order valence-electron chi connectivity index (χ3n) is 2.16. The van der Waals surface area contributed by atoms with E-state index in [2.05, 4.69) is 10.2 Å². The van der Waals surface area contributed by atoms with E-state index in [1.54, 1.807) is 39.7 Å². The largest absolute Gasteiger partial charge is 0.496 e. The molecule has 0 unspecified atom stereocenters. The Labute approximate surface area is 105 Å². The standard InChI is InChI=1S/C11H16N4O3/c1-16-7-4-9(17-2)8(10(5-7)18-3)6-14-15-11(12)13/h4-6H,1-3H3,(H4,12,13,15)/p+1. The van der Waals surface area contributed by atoms with Crippen LogP contribution in [0.4, 0.5) is 0 Å². The average Bonchev–Trinajstić information content (AvgIpc) is 2.37. The van der Waals surface area contributed by atoms with E-state index in [1.807, 2.05) is 0 Å². The summed E-state index contributed by atoms with van der Waals surface area (Å²) in [6, 6.07) is 3.46. The summed E-state index contributed by atoms with van der Waals surface area (Å²) in [5, 5.41) is 6.24. The summed E-state index contributed by atoms with van der Waals surface area (Å²) in [6.45, 7) is 0. The van der Waals surface area contributed by atoms with Crippen LogP contribution in [0.5, 0.6) is 17.2 Å². The van der Waals surface area contributed by atoms with Gasteiger partial charge in [0.05, 0.1) is 21.3 Å². The number of nitrogens with zero attached hydrogens (tertiary/aromatic N) is 1. The van der Waals surface area contributed by atoms with Crippen LogP contribution >= 0.6 is 0 Å². The van der Waals surface area contributed by atoms with Gasteiger partial charge in [-0.1, -0.05) is 0 Å². The Morgan fingerprint density at radius 3 is 2.06 bits per heavy atom. The summed E-state index contributed by atoms with van der Waals surface area (Å²) in [5.41, 5.74) is 11.1. The minimum atomic E-state index is -0.0716. The molecule has 0 saturated carbocycles. The van der Waals surface area contributed by atoms with Crippen LogP contribution in [-0.4, -0.2) is 33.5 Å². The van der Waals surface area contributed by atoms with Crippen molar-refractivity contribution < 1.29 is 19.3 Å². The zero-order valence-electron chi connectivity index (χ0n) is 10.6. The Hall–Kier alpha value is -2.44. The van der Waals surface area contributed by atoms with Gasteiger partial charge in [-0.2, -0.15) is 0 Å². The third-order valence-corrected chi connectivity index (χ3v) is 2.16. The number of methoxy groups -OCH3 is 3. The Morgan fingerprint density at radius 1 is 1.11 bits per heavy atom. The highest BCUT2D eigenvalue weighted by Gasteiger charge is 2.13. The highest BCUT2D eigenvalue weighted by molar-refractivity contribution is 5.84. The number of ether oxygens (including phenoxy) is 3. The maximum atomic E-state index is 5.25. The van der Waals surface area contributed by atoms with Gasteiger partial charge in [0.15, 0.2) is 0 Å². The van der Waals surface area contributed by atoms with E-state index in [4.69, 9.17) is 25.7 Å². The topological polar surface area (TPSA) is 106 Å². The number of hydrogen-bond donors (Lipinski definition) is 3. The monoisotopic (exact) mass is 253 g/mol. The van der Waals surface area contributed by atoms with Crippen LogP contribution in [0.25, 0.3) is 0 Å². The molecule has 0 atom stereocenters. The van der Waals surface area contributed by atoms with Crippen LogP contribution in [-0.2, 0) is 0 Å². The predicted octanol–water partition coefficient (Wildman–Crippen LogP) is -1.60. The van der Waals surface area contributed by atoms with E-state index < -0.39 is 0 Å². The van der Waals surface area contributed by atoms with Gasteiger partial charge in [0, 0.05) is 17.2 Å². The van der Waals surface area contributed by atoms with Gasteiger partial charge >= 0.3 is 0 Å². The lowest BCUT2D eigenvalue weighted by Gasteiger charge is -2.10. The Morgan fingerprint density at radius 2 is 1.67 bits per heavy atom. The van der Waals surface area contributed by atoms with Crippen molar-refractivity contribution in [3.63, 3.8) is 0 Å². The molecule has 0 saturated heterocycles. The Bertz CT molecular complexity index is 442. The molecular weight excluding hydrogens is 236 g/mol. The number of hydrazone groups is 1. The van der Waals surface area contributed by atoms with Crippen molar-refractivity contribution in [3.05, 3.63) is 17.7 Å². The van der Waals surface area contributed by atoms with E-state index >= 15 is 0 Å². The molecule has 0 heterocycles. The Kier molecular flexibility index (Phi) is 4.79. The van der Waals surface area contributed by atoms with Gasteiger partial charge in [-0.3, -0.25) is 0 Å². The molecule has 98 valence electrons. The number of rotatable bonds is 5. The second-order valence-electron chi connectivity index (χ2n) is 3.26. The molecule has 0 spiro atoms. The second-order valence-corrected chi connectivity index (χ2v) is 3.26. The zero-order valence-corrected chi connectivity index (χ0v) is 10.6. The SMILES string of the molecule is COc1cc(OC)c(C=[NH+]N=C(N)N)c(OC)c1. The van der Waals surface area contributed by atoms with Crippen molar-refractivity contribution in [3.8, 4) is 17.2 Å². The van der Waals surface area contributed by atoms with Crippen LogP contribution < -0.4 is 30.8 Å². The molecule has 0 aromatic heterocycles. The van der Waals surface area contributed by atoms with Crippen molar-refractivity contribution in [2.24, 2.45) is 16.6 Å². The van der Waals surface area contributed by atoms with Gasteiger partial charge in [-0.15, -0.1) is 5.10 Å². The molecule has 1 aromatic rings. The van der Waals surface area contributed by atoms with E-state index in [0.29, 0.717) is 22.8 Å². The number of nitrogens with two attached hydrogens (primary N) is 2. The van der Waals surface area contributed by atoms with Gasteiger partial charge in [0.2, 0.25) is 6.21 Å². The van der Waals surface area contributed by atoms with E-state index in [9.17, 15) is 0 Å².